The molecule has 28 heavy (non-hydrogen) atoms. The molecule has 0 unspecified atom stereocenters. The second-order valence-electron chi connectivity index (χ2n) is 8.68. The van der Waals surface area contributed by atoms with Crippen LogP contribution in [0.5, 0.6) is 0 Å². The van der Waals surface area contributed by atoms with Gasteiger partial charge in [0.25, 0.3) is 0 Å². The predicted octanol–water partition coefficient (Wildman–Crippen LogP) is 5.15. The van der Waals surface area contributed by atoms with Gasteiger partial charge in [-0.05, 0) is 62.4 Å². The van der Waals surface area contributed by atoms with Crippen LogP contribution in [0.1, 0.15) is 73.6 Å². The first-order chi connectivity index (χ1) is 13.0. The van der Waals surface area contributed by atoms with Crippen LogP contribution < -0.4 is 0 Å². The fourth-order valence-corrected chi connectivity index (χ4v) is 3.75. The summed E-state index contributed by atoms with van der Waals surface area (Å²) in [6, 6.07) is 0. The molecule has 162 valence electrons. The quantitative estimate of drug-likeness (QED) is 0.279. The largest absolute Gasteiger partial charge is 0.481 e. The van der Waals surface area contributed by atoms with Gasteiger partial charge in [0.2, 0.25) is 0 Å². The minimum atomic E-state index is -1.08. The Kier molecular flexibility index (Phi) is 12.8. The molecule has 0 bridgehead atoms. The fraction of sp³-hybridized carbons (Fsp3) is 0.739. The number of aliphatic hydroxyl groups excluding tert-OH is 1. The number of aliphatic hydroxyl groups is 1. The predicted molar refractivity (Wildman–Crippen MR) is 113 cm³/mol. The highest BCUT2D eigenvalue weighted by Gasteiger charge is 2.19. The highest BCUT2D eigenvalue weighted by Crippen LogP contribution is 2.26. The number of rotatable bonds is 14. The minimum Gasteiger partial charge on any atom is -0.481 e. The molecule has 0 aromatic rings. The second-order valence-corrected chi connectivity index (χ2v) is 8.68. The van der Waals surface area contributed by atoms with Crippen molar-refractivity contribution in [2.75, 3.05) is 6.61 Å². The van der Waals surface area contributed by atoms with Crippen molar-refractivity contribution >= 4 is 11.9 Å². The van der Waals surface area contributed by atoms with Crippen molar-refractivity contribution in [3.63, 3.8) is 0 Å². The van der Waals surface area contributed by atoms with Crippen molar-refractivity contribution in [1.82, 2.24) is 0 Å². The summed E-state index contributed by atoms with van der Waals surface area (Å²) >= 11 is 0. The lowest BCUT2D eigenvalue weighted by molar-refractivity contribution is -0.141. The molecule has 0 fully saturated rings. The van der Waals surface area contributed by atoms with Crippen molar-refractivity contribution in [2.24, 2.45) is 29.6 Å². The highest BCUT2D eigenvalue weighted by molar-refractivity contribution is 5.88. The van der Waals surface area contributed by atoms with E-state index in [4.69, 9.17) is 5.11 Å². The average Bonchev–Trinajstić information content (AvgIpc) is 2.59. The summed E-state index contributed by atoms with van der Waals surface area (Å²) in [6.07, 6.45) is 7.75. The number of carbonyl (C=O) groups is 2. The first-order valence-corrected chi connectivity index (χ1v) is 10.5. The first-order valence-electron chi connectivity index (χ1n) is 10.5. The molecule has 3 N–H and O–H groups in total. The van der Waals surface area contributed by atoms with E-state index in [9.17, 15) is 19.8 Å². The molecule has 0 aliphatic rings. The SMILES string of the molecule is CC[C@H](C)C[C@H](C)C[C@@H](CO)C[C@@H](C)/C=C(C)/C=C(/C[C@@H](C)C(=O)O)C(=O)O. The van der Waals surface area contributed by atoms with Crippen LogP contribution in [0, 0.1) is 29.6 Å². The fourth-order valence-electron chi connectivity index (χ4n) is 3.75. The van der Waals surface area contributed by atoms with Gasteiger partial charge in [-0.2, -0.15) is 0 Å². The summed E-state index contributed by atoms with van der Waals surface area (Å²) in [6.45, 7) is 12.3. The van der Waals surface area contributed by atoms with Gasteiger partial charge in [0.1, 0.15) is 0 Å². The number of hydrogen-bond acceptors (Lipinski definition) is 3. The number of hydrogen-bond donors (Lipinski definition) is 3. The van der Waals surface area contributed by atoms with Crippen LogP contribution in [-0.2, 0) is 9.59 Å². The van der Waals surface area contributed by atoms with E-state index >= 15 is 0 Å². The lowest BCUT2D eigenvalue weighted by Crippen LogP contribution is -2.15. The Balaban J connectivity index is 4.96. The summed E-state index contributed by atoms with van der Waals surface area (Å²) < 4.78 is 0. The number of carboxylic acids is 2. The lowest BCUT2D eigenvalue weighted by atomic mass is 9.84. The van der Waals surface area contributed by atoms with Crippen molar-refractivity contribution in [2.45, 2.75) is 73.6 Å². The smallest absolute Gasteiger partial charge is 0.331 e. The maximum atomic E-state index is 11.4. The van der Waals surface area contributed by atoms with Crippen molar-refractivity contribution < 1.29 is 24.9 Å². The average molecular weight is 397 g/mol. The Hall–Kier alpha value is -1.62. The second kappa shape index (κ2) is 13.5. The molecule has 0 heterocycles. The zero-order chi connectivity index (χ0) is 21.9. The van der Waals surface area contributed by atoms with E-state index in [0.717, 1.165) is 18.4 Å². The standard InChI is InChI=1S/C23H40O5/c1-7-15(2)8-16(3)10-20(14-24)11-17(4)9-18(5)12-21(23(27)28)13-19(6)22(25)26/h9,12,15-17,19-20,24H,7-8,10-11,13-14H2,1-6H3,(H,25,26)(H,27,28)/b18-9+,21-12-/t15-,16-,17-,19+,20+/m0/s1. The van der Waals surface area contributed by atoms with E-state index in [2.05, 4.69) is 27.7 Å². The minimum absolute atomic E-state index is 0.00335. The maximum absolute atomic E-state index is 11.4. The van der Waals surface area contributed by atoms with Crippen LogP contribution in [0.25, 0.3) is 0 Å². The Morgan fingerprint density at radius 3 is 2.04 bits per heavy atom. The van der Waals surface area contributed by atoms with E-state index in [1.54, 1.807) is 6.08 Å². The van der Waals surface area contributed by atoms with Crippen molar-refractivity contribution in [3.05, 3.63) is 23.3 Å². The molecule has 0 radical (unpaired) electrons. The molecule has 0 aliphatic heterocycles. The third-order valence-electron chi connectivity index (χ3n) is 5.37. The molecule has 0 saturated carbocycles. The normalized spacial score (nSPS) is 18.2. The van der Waals surface area contributed by atoms with Gasteiger partial charge in [0.05, 0.1) is 5.92 Å². The molecule has 0 rings (SSSR count). The zero-order valence-electron chi connectivity index (χ0n) is 18.4. The molecule has 0 aromatic carbocycles. The molecule has 0 amide bonds. The van der Waals surface area contributed by atoms with Crippen LogP contribution in [0.3, 0.4) is 0 Å². The van der Waals surface area contributed by atoms with Crippen LogP contribution in [0.2, 0.25) is 0 Å². The van der Waals surface area contributed by atoms with Gasteiger partial charge in [-0.25, -0.2) is 4.79 Å². The topological polar surface area (TPSA) is 94.8 Å². The van der Waals surface area contributed by atoms with Crippen LogP contribution in [-0.4, -0.2) is 33.9 Å². The number of carboxylic acid groups (broad SMARTS) is 2. The van der Waals surface area contributed by atoms with E-state index < -0.39 is 17.9 Å². The molecule has 0 saturated heterocycles. The zero-order valence-corrected chi connectivity index (χ0v) is 18.4. The van der Waals surface area contributed by atoms with Gasteiger partial charge in [0, 0.05) is 12.2 Å². The summed E-state index contributed by atoms with van der Waals surface area (Å²) in [4.78, 5) is 22.4. The van der Waals surface area contributed by atoms with Crippen molar-refractivity contribution in [1.29, 1.82) is 0 Å². The third-order valence-corrected chi connectivity index (χ3v) is 5.37. The Bertz CT molecular complexity index is 549. The van der Waals surface area contributed by atoms with Gasteiger partial charge < -0.3 is 15.3 Å². The monoisotopic (exact) mass is 396 g/mol. The molecular formula is C23H40O5. The third kappa shape index (κ3) is 11.3. The van der Waals surface area contributed by atoms with E-state index in [1.165, 1.54) is 19.8 Å². The summed E-state index contributed by atoms with van der Waals surface area (Å²) in [5, 5.41) is 28.1. The summed E-state index contributed by atoms with van der Waals surface area (Å²) in [5.41, 5.74) is 0.920. The molecule has 0 spiro atoms. The van der Waals surface area contributed by atoms with Gasteiger partial charge in [-0.3, -0.25) is 4.79 Å². The number of aliphatic carboxylic acids is 2. The molecular weight excluding hydrogens is 356 g/mol. The number of allylic oxidation sites excluding steroid dienone is 3. The van der Waals surface area contributed by atoms with E-state index in [1.807, 2.05) is 13.0 Å². The molecule has 5 nitrogen and oxygen atoms in total. The summed E-state index contributed by atoms with van der Waals surface area (Å²) in [5.74, 6) is -1.12. The van der Waals surface area contributed by atoms with Crippen LogP contribution >= 0.6 is 0 Å². The van der Waals surface area contributed by atoms with Crippen molar-refractivity contribution in [3.8, 4) is 0 Å². The van der Waals surface area contributed by atoms with E-state index in [-0.39, 0.29) is 30.4 Å². The Labute approximate surface area is 170 Å². The van der Waals surface area contributed by atoms with E-state index in [0.29, 0.717) is 11.8 Å². The molecule has 5 heteroatoms. The highest BCUT2D eigenvalue weighted by atomic mass is 16.4. The van der Waals surface area contributed by atoms with Gasteiger partial charge in [-0.15, -0.1) is 0 Å². The van der Waals surface area contributed by atoms with Gasteiger partial charge in [0.15, 0.2) is 0 Å². The lowest BCUT2D eigenvalue weighted by Gasteiger charge is -2.23. The molecule has 0 aliphatic carbocycles. The first kappa shape index (κ1) is 26.4. The Morgan fingerprint density at radius 2 is 1.57 bits per heavy atom. The van der Waals surface area contributed by atoms with Gasteiger partial charge in [-0.1, -0.05) is 52.7 Å². The molecule has 5 atom stereocenters. The van der Waals surface area contributed by atoms with Crippen LogP contribution in [0.15, 0.2) is 23.3 Å². The molecule has 0 aromatic heterocycles. The summed E-state index contributed by atoms with van der Waals surface area (Å²) in [7, 11) is 0. The van der Waals surface area contributed by atoms with Gasteiger partial charge >= 0.3 is 11.9 Å². The maximum Gasteiger partial charge on any atom is 0.331 e. The van der Waals surface area contributed by atoms with Crippen LogP contribution in [0.4, 0.5) is 0 Å². The Morgan fingerprint density at radius 1 is 0.964 bits per heavy atom.